The van der Waals surface area contributed by atoms with Crippen LogP contribution in [0.1, 0.15) is 27.4 Å². The monoisotopic (exact) mass is 308 g/mol. The Morgan fingerprint density at radius 2 is 1.78 bits per heavy atom. The Balaban J connectivity index is 1.67. The highest BCUT2D eigenvalue weighted by Gasteiger charge is 2.12. The first-order valence-corrected chi connectivity index (χ1v) is 7.25. The van der Waals surface area contributed by atoms with Crippen LogP contribution in [-0.4, -0.2) is 16.2 Å². The zero-order chi connectivity index (χ0) is 16.2. The normalized spacial score (nSPS) is 10.5. The van der Waals surface area contributed by atoms with Crippen molar-refractivity contribution in [2.45, 2.75) is 20.5 Å². The molecular formula is C18H16N2O3. The first-order valence-electron chi connectivity index (χ1n) is 7.25. The summed E-state index contributed by atoms with van der Waals surface area (Å²) in [6.45, 7) is 3.86. The van der Waals surface area contributed by atoms with E-state index in [1.165, 1.54) is 0 Å². The molecule has 0 aliphatic heterocycles. The Labute approximate surface area is 133 Å². The van der Waals surface area contributed by atoms with E-state index in [0.29, 0.717) is 11.5 Å². The Morgan fingerprint density at radius 3 is 2.52 bits per heavy atom. The second-order valence-electron chi connectivity index (χ2n) is 5.32. The van der Waals surface area contributed by atoms with Gasteiger partial charge in [0, 0.05) is 5.56 Å². The van der Waals surface area contributed by atoms with E-state index in [1.807, 2.05) is 50.2 Å². The number of aryl methyl sites for hydroxylation is 2. The van der Waals surface area contributed by atoms with Crippen molar-refractivity contribution in [1.29, 1.82) is 0 Å². The first kappa shape index (κ1) is 15.0. The van der Waals surface area contributed by atoms with E-state index in [9.17, 15) is 4.79 Å². The second-order valence-corrected chi connectivity index (χ2v) is 5.32. The minimum absolute atomic E-state index is 0.0500. The first-order chi connectivity index (χ1) is 11.1. The molecule has 1 aromatic heterocycles. The van der Waals surface area contributed by atoms with Crippen LogP contribution >= 0.6 is 0 Å². The van der Waals surface area contributed by atoms with Gasteiger partial charge in [0.25, 0.3) is 5.89 Å². The summed E-state index contributed by atoms with van der Waals surface area (Å²) in [7, 11) is 0. The third kappa shape index (κ3) is 3.63. The molecule has 0 unspecified atom stereocenters. The van der Waals surface area contributed by atoms with Crippen LogP contribution in [0.5, 0.6) is 0 Å². The van der Waals surface area contributed by atoms with Gasteiger partial charge < -0.3 is 9.15 Å². The maximum Gasteiger partial charge on any atom is 0.338 e. The molecule has 23 heavy (non-hydrogen) atoms. The fourth-order valence-electron chi connectivity index (χ4n) is 2.19. The highest BCUT2D eigenvalue weighted by molar-refractivity contribution is 5.89. The van der Waals surface area contributed by atoms with Crippen LogP contribution in [0.3, 0.4) is 0 Å². The molecule has 0 spiro atoms. The van der Waals surface area contributed by atoms with Crippen LogP contribution in [0.4, 0.5) is 0 Å². The van der Waals surface area contributed by atoms with Crippen LogP contribution in [0.2, 0.25) is 0 Å². The van der Waals surface area contributed by atoms with Gasteiger partial charge in [0.15, 0.2) is 6.61 Å². The lowest BCUT2D eigenvalue weighted by Crippen LogP contribution is -2.05. The Bertz CT molecular complexity index is 840. The van der Waals surface area contributed by atoms with Crippen LogP contribution in [0.25, 0.3) is 11.5 Å². The molecule has 0 amide bonds. The lowest BCUT2D eigenvalue weighted by atomic mass is 10.1. The van der Waals surface area contributed by atoms with Crippen molar-refractivity contribution in [3.8, 4) is 11.5 Å². The molecule has 0 saturated heterocycles. The minimum Gasteiger partial charge on any atom is -0.452 e. The van der Waals surface area contributed by atoms with Crippen LogP contribution in [0.15, 0.2) is 52.9 Å². The largest absolute Gasteiger partial charge is 0.452 e. The number of hydrogen-bond donors (Lipinski definition) is 0. The quantitative estimate of drug-likeness (QED) is 0.687. The molecule has 3 aromatic rings. The van der Waals surface area contributed by atoms with Gasteiger partial charge in [-0.2, -0.15) is 0 Å². The van der Waals surface area contributed by atoms with Gasteiger partial charge in [-0.25, -0.2) is 4.79 Å². The van der Waals surface area contributed by atoms with Crippen molar-refractivity contribution >= 4 is 5.97 Å². The summed E-state index contributed by atoms with van der Waals surface area (Å²) >= 11 is 0. The predicted molar refractivity (Wildman–Crippen MR) is 84.8 cm³/mol. The molecule has 5 heteroatoms. The lowest BCUT2D eigenvalue weighted by Gasteiger charge is -2.02. The molecule has 5 nitrogen and oxygen atoms in total. The van der Waals surface area contributed by atoms with Gasteiger partial charge in [-0.05, 0) is 38.1 Å². The molecule has 0 atom stereocenters. The summed E-state index contributed by atoms with van der Waals surface area (Å²) in [5.41, 5.74) is 3.45. The number of aromatic nitrogens is 2. The Kier molecular flexibility index (Phi) is 4.19. The van der Waals surface area contributed by atoms with E-state index in [4.69, 9.17) is 9.15 Å². The topological polar surface area (TPSA) is 65.2 Å². The van der Waals surface area contributed by atoms with Crippen molar-refractivity contribution in [1.82, 2.24) is 10.2 Å². The van der Waals surface area contributed by atoms with E-state index in [1.54, 1.807) is 12.1 Å². The Morgan fingerprint density at radius 1 is 1.04 bits per heavy atom. The van der Waals surface area contributed by atoms with Crippen molar-refractivity contribution in [3.05, 3.63) is 71.1 Å². The number of esters is 1. The summed E-state index contributed by atoms with van der Waals surface area (Å²) in [4.78, 5) is 12.0. The minimum atomic E-state index is -0.413. The van der Waals surface area contributed by atoms with Gasteiger partial charge in [-0.3, -0.25) is 0 Å². The molecule has 0 radical (unpaired) electrons. The summed E-state index contributed by atoms with van der Waals surface area (Å²) < 4.78 is 10.7. The van der Waals surface area contributed by atoms with Gasteiger partial charge in [0.2, 0.25) is 5.89 Å². The zero-order valence-electron chi connectivity index (χ0n) is 12.9. The summed E-state index contributed by atoms with van der Waals surface area (Å²) in [5.74, 6) is 0.266. The fraction of sp³-hybridized carbons (Fsp3) is 0.167. The molecule has 0 bridgehead atoms. The van der Waals surface area contributed by atoms with Crippen molar-refractivity contribution in [2.75, 3.05) is 0 Å². The predicted octanol–water partition coefficient (Wildman–Crippen LogP) is 3.71. The number of hydrogen-bond acceptors (Lipinski definition) is 5. The highest BCUT2D eigenvalue weighted by atomic mass is 16.5. The second kappa shape index (κ2) is 6.44. The smallest absolute Gasteiger partial charge is 0.338 e. The molecule has 0 aliphatic carbocycles. The molecule has 1 heterocycles. The number of nitrogens with zero attached hydrogens (tertiary/aromatic N) is 2. The summed E-state index contributed by atoms with van der Waals surface area (Å²) in [6.07, 6.45) is 0. The fourth-order valence-corrected chi connectivity index (χ4v) is 2.19. The maximum absolute atomic E-state index is 12.0. The molecule has 0 saturated carbocycles. The number of carbonyl (C=O) groups is 1. The average molecular weight is 308 g/mol. The number of ether oxygens (including phenoxy) is 1. The molecule has 0 aliphatic rings. The van der Waals surface area contributed by atoms with Gasteiger partial charge in [0.1, 0.15) is 0 Å². The van der Waals surface area contributed by atoms with Gasteiger partial charge in [0.05, 0.1) is 5.56 Å². The Hall–Kier alpha value is -2.95. The number of benzene rings is 2. The molecule has 2 aromatic carbocycles. The molecule has 0 fully saturated rings. The van der Waals surface area contributed by atoms with E-state index in [-0.39, 0.29) is 12.5 Å². The third-order valence-corrected chi connectivity index (χ3v) is 3.31. The third-order valence-electron chi connectivity index (χ3n) is 3.31. The lowest BCUT2D eigenvalue weighted by molar-refractivity contribution is 0.0438. The standard InChI is InChI=1S/C18H16N2O3/c1-12-5-3-7-14(9-12)17-20-19-16(23-17)11-22-18(21)15-8-4-6-13(2)10-15/h3-10H,11H2,1-2H3. The average Bonchev–Trinajstić information content (AvgIpc) is 3.01. The van der Waals surface area contributed by atoms with Crippen molar-refractivity contribution in [3.63, 3.8) is 0 Å². The number of carbonyl (C=O) groups excluding carboxylic acids is 1. The van der Waals surface area contributed by atoms with E-state index >= 15 is 0 Å². The molecule has 3 rings (SSSR count). The zero-order valence-corrected chi connectivity index (χ0v) is 12.9. The number of rotatable bonds is 4. The van der Waals surface area contributed by atoms with Gasteiger partial charge in [-0.15, -0.1) is 10.2 Å². The van der Waals surface area contributed by atoms with Crippen LogP contribution < -0.4 is 0 Å². The van der Waals surface area contributed by atoms with Crippen LogP contribution in [0, 0.1) is 13.8 Å². The van der Waals surface area contributed by atoms with Crippen molar-refractivity contribution < 1.29 is 13.9 Å². The van der Waals surface area contributed by atoms with Crippen LogP contribution in [-0.2, 0) is 11.3 Å². The summed E-state index contributed by atoms with van der Waals surface area (Å²) in [5, 5.41) is 7.90. The van der Waals surface area contributed by atoms with Gasteiger partial charge >= 0.3 is 5.97 Å². The molecule has 0 N–H and O–H groups in total. The molecule has 116 valence electrons. The molecular weight excluding hydrogens is 292 g/mol. The maximum atomic E-state index is 12.0. The van der Waals surface area contributed by atoms with Gasteiger partial charge in [-0.1, -0.05) is 35.4 Å². The SMILES string of the molecule is Cc1cccc(C(=O)OCc2nnc(-c3cccc(C)c3)o2)c1. The van der Waals surface area contributed by atoms with Crippen molar-refractivity contribution in [2.24, 2.45) is 0 Å². The summed E-state index contributed by atoms with van der Waals surface area (Å²) in [6, 6.07) is 15.0. The van der Waals surface area contributed by atoms with E-state index in [0.717, 1.165) is 16.7 Å². The van der Waals surface area contributed by atoms with E-state index in [2.05, 4.69) is 10.2 Å². The highest BCUT2D eigenvalue weighted by Crippen LogP contribution is 2.19. The van der Waals surface area contributed by atoms with E-state index < -0.39 is 5.97 Å².